The van der Waals surface area contributed by atoms with Gasteiger partial charge in [-0.1, -0.05) is 91.0 Å². The fraction of sp³-hybridized carbons (Fsp3) is 0.357. The Kier molecular flexibility index (Phi) is 8.80. The van der Waals surface area contributed by atoms with Gasteiger partial charge in [-0.05, 0) is 16.7 Å². The molecule has 0 aliphatic carbocycles. The fourth-order valence-corrected chi connectivity index (χ4v) is 5.35. The summed E-state index contributed by atoms with van der Waals surface area (Å²) in [5.41, 5.74) is 4.09. The number of thioether (sulfide) groups is 1. The maximum absolute atomic E-state index is 10.5. The number of piperazine rings is 1. The number of aliphatic hydroxyl groups excluding tert-OH is 1. The highest BCUT2D eigenvalue weighted by molar-refractivity contribution is 7.98. The van der Waals surface area contributed by atoms with Crippen molar-refractivity contribution in [3.05, 3.63) is 108 Å². The van der Waals surface area contributed by atoms with Crippen molar-refractivity contribution in [3.8, 4) is 0 Å². The van der Waals surface area contributed by atoms with Crippen molar-refractivity contribution in [2.24, 2.45) is 0 Å². The zero-order valence-corrected chi connectivity index (χ0v) is 19.5. The highest BCUT2D eigenvalue weighted by Gasteiger charge is 2.23. The highest BCUT2D eigenvalue weighted by atomic mass is 32.2. The van der Waals surface area contributed by atoms with Gasteiger partial charge >= 0.3 is 0 Å². The molecule has 1 aliphatic rings. The average Bonchev–Trinajstić information content (AvgIpc) is 2.85. The van der Waals surface area contributed by atoms with Crippen LogP contribution in [0.15, 0.2) is 91.0 Å². The molecule has 0 spiro atoms. The molecule has 3 aromatic rings. The van der Waals surface area contributed by atoms with Crippen LogP contribution < -0.4 is 0 Å². The lowest BCUT2D eigenvalue weighted by molar-refractivity contribution is 0.0815. The Hall–Kier alpha value is -2.11. The summed E-state index contributed by atoms with van der Waals surface area (Å²) in [6.45, 7) is 5.97. The molecule has 1 unspecified atom stereocenters. The Balaban J connectivity index is 1.24. The number of hydrogen-bond acceptors (Lipinski definition) is 4. The first-order chi connectivity index (χ1) is 15.8. The van der Waals surface area contributed by atoms with Crippen LogP contribution in [0.2, 0.25) is 0 Å². The molecule has 0 aromatic heterocycles. The molecule has 32 heavy (non-hydrogen) atoms. The molecule has 0 radical (unpaired) electrons. The zero-order chi connectivity index (χ0) is 22.0. The number of β-amino-alcohol motifs (C(OH)–C–C–N with tert-alkyl or cyclic N) is 1. The third-order valence-electron chi connectivity index (χ3n) is 6.20. The summed E-state index contributed by atoms with van der Waals surface area (Å²) in [6.07, 6.45) is -0.267. The van der Waals surface area contributed by atoms with Crippen LogP contribution in [0.1, 0.15) is 22.6 Å². The Labute approximate surface area is 197 Å². The van der Waals surface area contributed by atoms with E-state index in [4.69, 9.17) is 0 Å². The smallest absolute Gasteiger partial charge is 0.0757 e. The van der Waals surface area contributed by atoms with E-state index in [1.165, 1.54) is 16.7 Å². The van der Waals surface area contributed by atoms with Crippen molar-refractivity contribution >= 4 is 11.8 Å². The average molecular weight is 447 g/mol. The standard InChI is InChI=1S/C28H34N2OS/c31-27(23-32-22-24-10-4-1-5-11-24)20-29-16-18-30(19-17-29)21-28(25-12-6-2-7-13-25)26-14-8-3-9-15-26/h1-15,27-28,31H,16-23H2. The third kappa shape index (κ3) is 6.94. The van der Waals surface area contributed by atoms with E-state index in [0.29, 0.717) is 5.92 Å². The van der Waals surface area contributed by atoms with Crippen LogP contribution >= 0.6 is 11.8 Å². The van der Waals surface area contributed by atoms with Crippen LogP contribution in [-0.4, -0.2) is 66.0 Å². The number of nitrogens with zero attached hydrogens (tertiary/aromatic N) is 2. The van der Waals surface area contributed by atoms with Gasteiger partial charge in [0.25, 0.3) is 0 Å². The predicted octanol–water partition coefficient (Wildman–Crippen LogP) is 4.73. The molecule has 0 saturated carbocycles. The monoisotopic (exact) mass is 446 g/mol. The van der Waals surface area contributed by atoms with Crippen LogP contribution in [0.5, 0.6) is 0 Å². The minimum Gasteiger partial charge on any atom is -0.391 e. The van der Waals surface area contributed by atoms with Crippen LogP contribution in [-0.2, 0) is 5.75 Å². The summed E-state index contributed by atoms with van der Waals surface area (Å²) in [4.78, 5) is 5.00. The highest BCUT2D eigenvalue weighted by Crippen LogP contribution is 2.26. The van der Waals surface area contributed by atoms with Gasteiger partial charge in [0.1, 0.15) is 0 Å². The maximum Gasteiger partial charge on any atom is 0.0757 e. The molecule has 1 saturated heterocycles. The van der Waals surface area contributed by atoms with Gasteiger partial charge in [-0.3, -0.25) is 9.80 Å². The van der Waals surface area contributed by atoms with Crippen LogP contribution in [0.25, 0.3) is 0 Å². The topological polar surface area (TPSA) is 26.7 Å². The quantitative estimate of drug-likeness (QED) is 0.487. The lowest BCUT2D eigenvalue weighted by Gasteiger charge is -2.37. The summed E-state index contributed by atoms with van der Waals surface area (Å²) in [7, 11) is 0. The van der Waals surface area contributed by atoms with Gasteiger partial charge in [-0.15, -0.1) is 0 Å². The lowest BCUT2D eigenvalue weighted by Crippen LogP contribution is -2.49. The molecule has 0 bridgehead atoms. The molecule has 3 nitrogen and oxygen atoms in total. The number of hydrogen-bond donors (Lipinski definition) is 1. The molecule has 3 aromatic carbocycles. The minimum atomic E-state index is -0.267. The summed E-state index contributed by atoms with van der Waals surface area (Å²) >= 11 is 1.82. The first-order valence-electron chi connectivity index (χ1n) is 11.6. The van der Waals surface area contributed by atoms with E-state index in [1.54, 1.807) is 0 Å². The first kappa shape index (κ1) is 23.1. The molecule has 1 aliphatic heterocycles. The van der Waals surface area contributed by atoms with Crippen molar-refractivity contribution in [2.75, 3.05) is 45.0 Å². The van der Waals surface area contributed by atoms with Crippen LogP contribution in [0.3, 0.4) is 0 Å². The van der Waals surface area contributed by atoms with Gasteiger partial charge < -0.3 is 5.11 Å². The molecule has 1 heterocycles. The number of rotatable bonds is 10. The third-order valence-corrected chi connectivity index (χ3v) is 7.36. The van der Waals surface area contributed by atoms with Gasteiger partial charge in [-0.2, -0.15) is 11.8 Å². The summed E-state index contributed by atoms with van der Waals surface area (Å²) in [6, 6.07) is 32.2. The van der Waals surface area contributed by atoms with E-state index in [2.05, 4.69) is 94.7 Å². The fourth-order valence-electron chi connectivity index (χ4n) is 4.42. The Morgan fingerprint density at radius 3 is 1.66 bits per heavy atom. The summed E-state index contributed by atoms with van der Waals surface area (Å²) < 4.78 is 0. The van der Waals surface area contributed by atoms with E-state index >= 15 is 0 Å². The molecular formula is C28H34N2OS. The largest absolute Gasteiger partial charge is 0.391 e. The predicted molar refractivity (Wildman–Crippen MR) is 136 cm³/mol. The van der Waals surface area contributed by atoms with Gasteiger partial charge in [-0.25, -0.2) is 0 Å². The molecule has 1 atom stereocenters. The molecule has 4 heteroatoms. The number of benzene rings is 3. The summed E-state index contributed by atoms with van der Waals surface area (Å²) in [5.74, 6) is 2.15. The van der Waals surface area contributed by atoms with E-state index < -0.39 is 0 Å². The van der Waals surface area contributed by atoms with E-state index in [1.807, 2.05) is 17.8 Å². The first-order valence-corrected chi connectivity index (χ1v) is 12.8. The van der Waals surface area contributed by atoms with Gasteiger partial charge in [0.15, 0.2) is 0 Å². The second-order valence-electron chi connectivity index (χ2n) is 8.63. The van der Waals surface area contributed by atoms with Crippen molar-refractivity contribution < 1.29 is 5.11 Å². The second-order valence-corrected chi connectivity index (χ2v) is 9.66. The Morgan fingerprint density at radius 1 is 0.656 bits per heavy atom. The molecule has 0 amide bonds. The maximum atomic E-state index is 10.5. The van der Waals surface area contributed by atoms with E-state index in [-0.39, 0.29) is 6.10 Å². The Morgan fingerprint density at radius 2 is 1.12 bits per heavy atom. The normalized spacial score (nSPS) is 16.3. The molecule has 4 rings (SSSR count). The number of aliphatic hydroxyl groups is 1. The minimum absolute atomic E-state index is 0.267. The van der Waals surface area contributed by atoms with Crippen molar-refractivity contribution in [2.45, 2.75) is 17.8 Å². The summed E-state index contributed by atoms with van der Waals surface area (Å²) in [5, 5.41) is 10.5. The van der Waals surface area contributed by atoms with Crippen LogP contribution in [0, 0.1) is 0 Å². The van der Waals surface area contributed by atoms with Gasteiger partial charge in [0, 0.05) is 56.7 Å². The second kappa shape index (κ2) is 12.2. The van der Waals surface area contributed by atoms with E-state index in [0.717, 1.165) is 50.8 Å². The Bertz CT molecular complexity index is 859. The van der Waals surface area contributed by atoms with Crippen molar-refractivity contribution in [1.29, 1.82) is 0 Å². The van der Waals surface area contributed by atoms with E-state index in [9.17, 15) is 5.11 Å². The van der Waals surface area contributed by atoms with Crippen molar-refractivity contribution in [1.82, 2.24) is 9.80 Å². The SMILES string of the molecule is OC(CSCc1ccccc1)CN1CCN(CC(c2ccccc2)c2ccccc2)CC1. The molecular weight excluding hydrogens is 412 g/mol. The zero-order valence-electron chi connectivity index (χ0n) is 18.7. The van der Waals surface area contributed by atoms with Gasteiger partial charge in [0.05, 0.1) is 6.10 Å². The molecule has 1 fully saturated rings. The van der Waals surface area contributed by atoms with Crippen LogP contribution in [0.4, 0.5) is 0 Å². The lowest BCUT2D eigenvalue weighted by atomic mass is 9.90. The van der Waals surface area contributed by atoms with Crippen molar-refractivity contribution in [3.63, 3.8) is 0 Å². The van der Waals surface area contributed by atoms with Gasteiger partial charge in [0.2, 0.25) is 0 Å². The molecule has 168 valence electrons. The molecule has 1 N–H and O–H groups in total.